The molecule has 0 amide bonds. The maximum absolute atomic E-state index is 6.26. The van der Waals surface area contributed by atoms with E-state index in [2.05, 4.69) is 72.7 Å². The molecule has 0 aromatic heterocycles. The van der Waals surface area contributed by atoms with Crippen LogP contribution in [0.4, 0.5) is 0 Å². The van der Waals surface area contributed by atoms with Crippen molar-refractivity contribution in [2.45, 2.75) is 86.7 Å². The lowest BCUT2D eigenvalue weighted by Crippen LogP contribution is -2.35. The molecule has 0 spiro atoms. The summed E-state index contributed by atoms with van der Waals surface area (Å²) in [5, 5.41) is 0. The van der Waals surface area contributed by atoms with Gasteiger partial charge in [0.15, 0.2) is 0 Å². The average molecular weight is 357 g/mol. The number of rotatable bonds is 6. The first kappa shape index (κ1) is 21.2. The van der Waals surface area contributed by atoms with E-state index >= 15 is 0 Å². The van der Waals surface area contributed by atoms with Crippen molar-refractivity contribution in [3.05, 3.63) is 41.0 Å². The van der Waals surface area contributed by atoms with Crippen molar-refractivity contribution in [3.63, 3.8) is 0 Å². The molecule has 1 fully saturated rings. The third-order valence-electron chi connectivity index (χ3n) is 5.86. The third-order valence-corrected chi connectivity index (χ3v) is 5.86. The van der Waals surface area contributed by atoms with Crippen LogP contribution in [0.25, 0.3) is 5.57 Å². The molecule has 0 radical (unpaired) electrons. The summed E-state index contributed by atoms with van der Waals surface area (Å²) in [6.45, 7) is 17.0. The normalized spacial score (nSPS) is 23.7. The Labute approximate surface area is 162 Å². The summed E-state index contributed by atoms with van der Waals surface area (Å²) < 4.78 is 6.26. The van der Waals surface area contributed by atoms with Crippen molar-refractivity contribution >= 4 is 5.57 Å². The van der Waals surface area contributed by atoms with Gasteiger partial charge in [0, 0.05) is 6.61 Å². The molecular weight excluding hydrogens is 316 g/mol. The lowest BCUT2D eigenvalue weighted by Gasteiger charge is -2.36. The van der Waals surface area contributed by atoms with Gasteiger partial charge in [-0.25, -0.2) is 0 Å². The Kier molecular flexibility index (Phi) is 7.52. The Morgan fingerprint density at radius 1 is 1.04 bits per heavy atom. The van der Waals surface area contributed by atoms with E-state index in [4.69, 9.17) is 4.74 Å². The van der Waals surface area contributed by atoms with Crippen LogP contribution in [-0.4, -0.2) is 12.7 Å². The molecule has 2 rings (SSSR count). The maximum atomic E-state index is 6.26. The molecule has 1 nitrogen and oxygen atoms in total. The molecule has 1 saturated heterocycles. The van der Waals surface area contributed by atoms with E-state index in [9.17, 15) is 0 Å². The van der Waals surface area contributed by atoms with Crippen LogP contribution >= 0.6 is 0 Å². The summed E-state index contributed by atoms with van der Waals surface area (Å²) in [4.78, 5) is 0. The van der Waals surface area contributed by atoms with Crippen molar-refractivity contribution in [2.75, 3.05) is 6.61 Å². The van der Waals surface area contributed by atoms with Gasteiger partial charge in [-0.2, -0.15) is 0 Å². The van der Waals surface area contributed by atoms with Crippen LogP contribution in [0.1, 0.15) is 85.3 Å². The lowest BCUT2D eigenvalue weighted by molar-refractivity contribution is -0.0572. The van der Waals surface area contributed by atoms with Crippen molar-refractivity contribution < 1.29 is 4.74 Å². The zero-order chi connectivity index (χ0) is 19.3. The summed E-state index contributed by atoms with van der Waals surface area (Å²) in [5.41, 5.74) is 6.03. The van der Waals surface area contributed by atoms with Crippen molar-refractivity contribution in [3.8, 4) is 0 Å². The Balaban J connectivity index is 2.08. The minimum absolute atomic E-state index is 0.311. The van der Waals surface area contributed by atoms with E-state index in [1.165, 1.54) is 41.5 Å². The molecule has 1 aromatic carbocycles. The quantitative estimate of drug-likeness (QED) is 0.519. The molecule has 1 aliphatic heterocycles. The minimum atomic E-state index is 0.311. The van der Waals surface area contributed by atoms with E-state index in [0.29, 0.717) is 17.4 Å². The molecule has 1 heteroatoms. The molecular formula is C25H40O. The minimum Gasteiger partial charge on any atom is -0.377 e. The Morgan fingerprint density at radius 3 is 2.19 bits per heavy atom. The first-order valence-corrected chi connectivity index (χ1v) is 10.6. The first-order chi connectivity index (χ1) is 12.2. The molecule has 146 valence electrons. The summed E-state index contributed by atoms with van der Waals surface area (Å²) >= 11 is 0. The van der Waals surface area contributed by atoms with Gasteiger partial charge in [0.2, 0.25) is 0 Å². The highest BCUT2D eigenvalue weighted by molar-refractivity contribution is 5.68. The van der Waals surface area contributed by atoms with Crippen LogP contribution in [-0.2, 0) is 11.2 Å². The fraction of sp³-hybridized carbons (Fsp3) is 0.680. The molecule has 1 aromatic rings. The second kappa shape index (κ2) is 9.22. The van der Waals surface area contributed by atoms with E-state index in [-0.39, 0.29) is 0 Å². The van der Waals surface area contributed by atoms with Gasteiger partial charge in [-0.1, -0.05) is 77.3 Å². The van der Waals surface area contributed by atoms with E-state index < -0.39 is 0 Å². The summed E-state index contributed by atoms with van der Waals surface area (Å²) in [6, 6.07) is 9.29. The van der Waals surface area contributed by atoms with Crippen LogP contribution in [0, 0.1) is 17.3 Å². The van der Waals surface area contributed by atoms with Crippen molar-refractivity contribution in [1.29, 1.82) is 0 Å². The third kappa shape index (κ3) is 5.98. The standard InChI is InChI=1S/C25H40O/c1-8-19-14-21(9-2)24(26-17-19)15-20-10-12-22(13-11-20)23(18(3)4)16-25(5,6)7/h10-13,19,21,24H,8-9,14-17H2,1-7H3. The van der Waals surface area contributed by atoms with Gasteiger partial charge in [0.1, 0.15) is 0 Å². The lowest BCUT2D eigenvalue weighted by atomic mass is 9.82. The molecule has 0 saturated carbocycles. The van der Waals surface area contributed by atoms with Crippen molar-refractivity contribution in [1.82, 2.24) is 0 Å². The Bertz CT molecular complexity index is 584. The van der Waals surface area contributed by atoms with Crippen LogP contribution < -0.4 is 0 Å². The van der Waals surface area contributed by atoms with Gasteiger partial charge in [-0.3, -0.25) is 0 Å². The number of hydrogen-bond acceptors (Lipinski definition) is 1. The van der Waals surface area contributed by atoms with Gasteiger partial charge in [0.25, 0.3) is 0 Å². The predicted molar refractivity (Wildman–Crippen MR) is 114 cm³/mol. The summed E-state index contributed by atoms with van der Waals surface area (Å²) in [7, 11) is 0. The second-order valence-corrected chi connectivity index (χ2v) is 9.67. The Hall–Kier alpha value is -1.08. The number of hydrogen-bond donors (Lipinski definition) is 0. The van der Waals surface area contributed by atoms with Gasteiger partial charge < -0.3 is 4.74 Å². The van der Waals surface area contributed by atoms with Crippen LogP contribution in [0.15, 0.2) is 29.8 Å². The molecule has 3 unspecified atom stereocenters. The predicted octanol–water partition coefficient (Wildman–Crippen LogP) is 7.30. The first-order valence-electron chi connectivity index (χ1n) is 10.6. The number of benzene rings is 1. The van der Waals surface area contributed by atoms with Gasteiger partial charge >= 0.3 is 0 Å². The fourth-order valence-electron chi connectivity index (χ4n) is 4.16. The average Bonchev–Trinajstić information content (AvgIpc) is 2.60. The molecule has 26 heavy (non-hydrogen) atoms. The SMILES string of the molecule is CCC1COC(Cc2ccc(C(CC(C)(C)C)=C(C)C)cc2)C(CC)C1. The maximum Gasteiger partial charge on any atom is 0.0643 e. The molecule has 3 atom stereocenters. The molecule has 1 heterocycles. The zero-order valence-electron chi connectivity index (χ0n) is 18.2. The van der Waals surface area contributed by atoms with Gasteiger partial charge in [-0.15, -0.1) is 0 Å². The van der Waals surface area contributed by atoms with Crippen LogP contribution in [0.3, 0.4) is 0 Å². The molecule has 1 aliphatic rings. The topological polar surface area (TPSA) is 9.23 Å². The summed E-state index contributed by atoms with van der Waals surface area (Å²) in [6.07, 6.45) is 6.38. The molecule has 0 bridgehead atoms. The van der Waals surface area contributed by atoms with Gasteiger partial charge in [-0.05, 0) is 67.1 Å². The monoisotopic (exact) mass is 356 g/mol. The van der Waals surface area contributed by atoms with Gasteiger partial charge in [0.05, 0.1) is 6.10 Å². The van der Waals surface area contributed by atoms with E-state index in [1.54, 1.807) is 0 Å². The highest BCUT2D eigenvalue weighted by atomic mass is 16.5. The molecule has 0 N–H and O–H groups in total. The van der Waals surface area contributed by atoms with E-state index in [1.807, 2.05) is 0 Å². The van der Waals surface area contributed by atoms with E-state index in [0.717, 1.165) is 25.4 Å². The number of ether oxygens (including phenoxy) is 1. The smallest absolute Gasteiger partial charge is 0.0643 e. The largest absolute Gasteiger partial charge is 0.377 e. The van der Waals surface area contributed by atoms with Crippen LogP contribution in [0.5, 0.6) is 0 Å². The summed E-state index contributed by atoms with van der Waals surface area (Å²) in [5.74, 6) is 1.47. The van der Waals surface area contributed by atoms with Crippen molar-refractivity contribution in [2.24, 2.45) is 17.3 Å². The highest BCUT2D eigenvalue weighted by Crippen LogP contribution is 2.34. The highest BCUT2D eigenvalue weighted by Gasteiger charge is 2.29. The molecule has 0 aliphatic carbocycles. The second-order valence-electron chi connectivity index (χ2n) is 9.67. The van der Waals surface area contributed by atoms with Crippen LogP contribution in [0.2, 0.25) is 0 Å². The number of allylic oxidation sites excluding steroid dienone is 2. The zero-order valence-corrected chi connectivity index (χ0v) is 18.2. The fourth-order valence-corrected chi connectivity index (χ4v) is 4.16. The Morgan fingerprint density at radius 2 is 1.69 bits per heavy atom.